The highest BCUT2D eigenvalue weighted by Crippen LogP contribution is 2.33. The van der Waals surface area contributed by atoms with Crippen molar-refractivity contribution < 1.29 is 24.1 Å². The number of carboxylic acid groups (broad SMARTS) is 1. The van der Waals surface area contributed by atoms with Crippen molar-refractivity contribution in [2.75, 3.05) is 27.3 Å². The van der Waals surface area contributed by atoms with Gasteiger partial charge in [0.15, 0.2) is 11.5 Å². The summed E-state index contributed by atoms with van der Waals surface area (Å²) in [6, 6.07) is 13.7. The van der Waals surface area contributed by atoms with Gasteiger partial charge in [-0.3, -0.25) is 0 Å². The molecule has 26 heavy (non-hydrogen) atoms. The van der Waals surface area contributed by atoms with Gasteiger partial charge in [-0.2, -0.15) is 0 Å². The summed E-state index contributed by atoms with van der Waals surface area (Å²) >= 11 is 0. The Morgan fingerprint density at radius 1 is 0.962 bits per heavy atom. The molecule has 0 saturated carbocycles. The Bertz CT molecular complexity index is 751. The predicted octanol–water partition coefficient (Wildman–Crippen LogP) is 3.89. The molecule has 1 heterocycles. The number of rotatable bonds is 5. The molecular weight excluding hydrogens is 334 g/mol. The molecule has 0 aliphatic carbocycles. The van der Waals surface area contributed by atoms with E-state index in [0.717, 1.165) is 16.9 Å². The van der Waals surface area contributed by atoms with Crippen LogP contribution in [-0.4, -0.2) is 49.5 Å². The molecule has 0 spiro atoms. The molecule has 1 aliphatic heterocycles. The largest absolute Gasteiger partial charge is 0.493 e. The first-order chi connectivity index (χ1) is 12.6. The maximum atomic E-state index is 10.9. The summed E-state index contributed by atoms with van der Waals surface area (Å²) < 4.78 is 16.6. The number of piperidine rings is 1. The normalized spacial score (nSPS) is 14.8. The topological polar surface area (TPSA) is 68.2 Å². The van der Waals surface area contributed by atoms with Crippen molar-refractivity contribution in [1.82, 2.24) is 4.90 Å². The Kier molecular flexibility index (Phi) is 5.51. The second-order valence-corrected chi connectivity index (χ2v) is 6.18. The lowest BCUT2D eigenvalue weighted by atomic mass is 10.0. The number of hydrogen-bond donors (Lipinski definition) is 1. The maximum absolute atomic E-state index is 10.9. The van der Waals surface area contributed by atoms with Crippen LogP contribution in [0.1, 0.15) is 12.8 Å². The molecule has 0 atom stereocenters. The zero-order chi connectivity index (χ0) is 18.5. The molecule has 0 unspecified atom stereocenters. The molecular formula is C20H23NO5. The van der Waals surface area contributed by atoms with Crippen molar-refractivity contribution in [3.63, 3.8) is 0 Å². The molecule has 1 saturated heterocycles. The molecule has 1 aliphatic rings. The van der Waals surface area contributed by atoms with Gasteiger partial charge in [0.05, 0.1) is 14.2 Å². The first-order valence-corrected chi connectivity index (χ1v) is 8.57. The number of benzene rings is 2. The van der Waals surface area contributed by atoms with Crippen LogP contribution in [0.3, 0.4) is 0 Å². The van der Waals surface area contributed by atoms with Crippen LogP contribution in [0.5, 0.6) is 17.2 Å². The van der Waals surface area contributed by atoms with E-state index in [4.69, 9.17) is 19.3 Å². The summed E-state index contributed by atoms with van der Waals surface area (Å²) in [5, 5.41) is 8.99. The van der Waals surface area contributed by atoms with E-state index < -0.39 is 6.09 Å². The fourth-order valence-corrected chi connectivity index (χ4v) is 3.10. The Balaban J connectivity index is 1.65. The molecule has 2 aromatic carbocycles. The number of nitrogens with zero attached hydrogens (tertiary/aromatic N) is 1. The molecule has 6 nitrogen and oxygen atoms in total. The molecule has 6 heteroatoms. The predicted molar refractivity (Wildman–Crippen MR) is 98.2 cm³/mol. The average Bonchev–Trinajstić information content (AvgIpc) is 2.68. The smallest absolute Gasteiger partial charge is 0.407 e. The van der Waals surface area contributed by atoms with E-state index in [1.165, 1.54) is 4.90 Å². The second kappa shape index (κ2) is 7.99. The summed E-state index contributed by atoms with van der Waals surface area (Å²) in [6.45, 7) is 1.04. The van der Waals surface area contributed by atoms with E-state index in [2.05, 4.69) is 0 Å². The van der Waals surface area contributed by atoms with Crippen molar-refractivity contribution in [2.45, 2.75) is 18.9 Å². The van der Waals surface area contributed by atoms with Crippen molar-refractivity contribution >= 4 is 6.09 Å². The third-order valence-corrected chi connectivity index (χ3v) is 4.59. The summed E-state index contributed by atoms with van der Waals surface area (Å²) in [6.07, 6.45) is 0.619. The molecule has 0 bridgehead atoms. The van der Waals surface area contributed by atoms with Gasteiger partial charge in [-0.1, -0.05) is 18.2 Å². The van der Waals surface area contributed by atoms with Gasteiger partial charge in [-0.15, -0.1) is 0 Å². The molecule has 1 fully saturated rings. The fraction of sp³-hybridized carbons (Fsp3) is 0.350. The Morgan fingerprint density at radius 3 is 2.15 bits per heavy atom. The summed E-state index contributed by atoms with van der Waals surface area (Å²) in [4.78, 5) is 12.4. The van der Waals surface area contributed by atoms with Gasteiger partial charge < -0.3 is 24.2 Å². The quantitative estimate of drug-likeness (QED) is 0.879. The highest BCUT2D eigenvalue weighted by atomic mass is 16.5. The summed E-state index contributed by atoms with van der Waals surface area (Å²) in [7, 11) is 3.23. The number of carbonyl (C=O) groups is 1. The molecule has 1 amide bonds. The molecule has 1 N–H and O–H groups in total. The average molecular weight is 357 g/mol. The lowest BCUT2D eigenvalue weighted by Crippen LogP contribution is -2.41. The van der Waals surface area contributed by atoms with E-state index in [1.807, 2.05) is 42.5 Å². The first-order valence-electron chi connectivity index (χ1n) is 8.57. The summed E-state index contributed by atoms with van der Waals surface area (Å²) in [5.41, 5.74) is 2.09. The number of amides is 1. The van der Waals surface area contributed by atoms with E-state index in [-0.39, 0.29) is 6.10 Å². The van der Waals surface area contributed by atoms with E-state index in [0.29, 0.717) is 37.4 Å². The monoisotopic (exact) mass is 357 g/mol. The van der Waals surface area contributed by atoms with Crippen molar-refractivity contribution in [1.29, 1.82) is 0 Å². The minimum atomic E-state index is -0.859. The molecule has 0 aromatic heterocycles. The van der Waals surface area contributed by atoms with E-state index in [1.54, 1.807) is 14.2 Å². The fourth-order valence-electron chi connectivity index (χ4n) is 3.10. The maximum Gasteiger partial charge on any atom is 0.407 e. The van der Waals surface area contributed by atoms with E-state index in [9.17, 15) is 4.79 Å². The highest BCUT2D eigenvalue weighted by molar-refractivity contribution is 5.68. The van der Waals surface area contributed by atoms with Crippen LogP contribution in [0.2, 0.25) is 0 Å². The van der Waals surface area contributed by atoms with Gasteiger partial charge >= 0.3 is 6.09 Å². The number of likely N-dealkylation sites (tertiary alicyclic amines) is 1. The van der Waals surface area contributed by atoms with Crippen LogP contribution < -0.4 is 14.2 Å². The number of methoxy groups -OCH3 is 2. The Labute approximate surface area is 152 Å². The zero-order valence-corrected chi connectivity index (χ0v) is 15.0. The Morgan fingerprint density at radius 2 is 1.58 bits per heavy atom. The van der Waals surface area contributed by atoms with Crippen LogP contribution >= 0.6 is 0 Å². The molecule has 2 aromatic rings. The highest BCUT2D eigenvalue weighted by Gasteiger charge is 2.23. The van der Waals surface area contributed by atoms with Crippen molar-refractivity contribution in [2.24, 2.45) is 0 Å². The van der Waals surface area contributed by atoms with Gasteiger partial charge in [0.1, 0.15) is 11.9 Å². The van der Waals surface area contributed by atoms with Gasteiger partial charge in [-0.05, 0) is 35.4 Å². The third kappa shape index (κ3) is 4.02. The number of hydrogen-bond acceptors (Lipinski definition) is 4. The van der Waals surface area contributed by atoms with Crippen LogP contribution in [0.25, 0.3) is 11.1 Å². The second-order valence-electron chi connectivity index (χ2n) is 6.18. The molecule has 0 radical (unpaired) electrons. The van der Waals surface area contributed by atoms with Crippen LogP contribution in [-0.2, 0) is 0 Å². The lowest BCUT2D eigenvalue weighted by Gasteiger charge is -2.30. The van der Waals surface area contributed by atoms with Gasteiger partial charge in [0.25, 0.3) is 0 Å². The lowest BCUT2D eigenvalue weighted by molar-refractivity contribution is 0.0895. The first kappa shape index (κ1) is 17.9. The van der Waals surface area contributed by atoms with E-state index >= 15 is 0 Å². The van der Waals surface area contributed by atoms with Gasteiger partial charge in [-0.25, -0.2) is 4.79 Å². The minimum absolute atomic E-state index is 0.0533. The Hall–Kier alpha value is -2.89. The van der Waals surface area contributed by atoms with Gasteiger partial charge in [0.2, 0.25) is 0 Å². The van der Waals surface area contributed by atoms with Gasteiger partial charge in [0, 0.05) is 25.9 Å². The molecule has 138 valence electrons. The van der Waals surface area contributed by atoms with Crippen LogP contribution in [0.15, 0.2) is 42.5 Å². The number of ether oxygens (including phenoxy) is 3. The van der Waals surface area contributed by atoms with Crippen LogP contribution in [0.4, 0.5) is 4.79 Å². The van der Waals surface area contributed by atoms with Crippen molar-refractivity contribution in [3.05, 3.63) is 42.5 Å². The SMILES string of the molecule is COc1ccc(-c2ccc(OC3CCN(C(=O)O)CC3)cc2)cc1OC. The van der Waals surface area contributed by atoms with Crippen LogP contribution in [0, 0.1) is 0 Å². The third-order valence-electron chi connectivity index (χ3n) is 4.59. The minimum Gasteiger partial charge on any atom is -0.493 e. The summed E-state index contributed by atoms with van der Waals surface area (Å²) in [5.74, 6) is 2.18. The standard InChI is InChI=1S/C20H23NO5/c1-24-18-8-5-15(13-19(18)25-2)14-3-6-16(7-4-14)26-17-9-11-21(12-10-17)20(22)23/h3-8,13,17H,9-12H2,1-2H3,(H,22,23). The van der Waals surface area contributed by atoms with Crippen molar-refractivity contribution in [3.8, 4) is 28.4 Å². The zero-order valence-electron chi connectivity index (χ0n) is 15.0. The molecule has 3 rings (SSSR count).